The molecule has 1 aromatic heterocycles. The fraction of sp³-hybridized carbons (Fsp3) is 0.421. The molecule has 7 nitrogen and oxygen atoms in total. The normalized spacial score (nSPS) is 10.6. The van der Waals surface area contributed by atoms with Crippen LogP contribution in [0.1, 0.15) is 12.6 Å². The van der Waals surface area contributed by atoms with Crippen LogP contribution in [-0.4, -0.2) is 60.9 Å². The Morgan fingerprint density at radius 2 is 2.04 bits per heavy atom. The number of nitrogens with zero attached hydrogens (tertiary/aromatic N) is 2. The van der Waals surface area contributed by atoms with Gasteiger partial charge in [-0.25, -0.2) is 4.98 Å². The van der Waals surface area contributed by atoms with Gasteiger partial charge in [0.05, 0.1) is 24.7 Å². The zero-order chi connectivity index (χ0) is 19.5. The van der Waals surface area contributed by atoms with E-state index in [9.17, 15) is 9.59 Å². The molecule has 0 aliphatic rings. The molecule has 0 saturated carbocycles. The van der Waals surface area contributed by atoms with E-state index >= 15 is 0 Å². The van der Waals surface area contributed by atoms with E-state index in [0.717, 1.165) is 11.3 Å². The van der Waals surface area contributed by atoms with Gasteiger partial charge in [-0.15, -0.1) is 11.8 Å². The third-order valence-corrected chi connectivity index (χ3v) is 4.54. The first-order chi connectivity index (χ1) is 13.1. The topological polar surface area (TPSA) is 81.9 Å². The Hall–Kier alpha value is -2.32. The molecule has 2 rings (SSSR count). The van der Waals surface area contributed by atoms with Gasteiger partial charge in [0, 0.05) is 25.0 Å². The number of aromatic nitrogens is 1. The predicted molar refractivity (Wildman–Crippen MR) is 103 cm³/mol. The minimum absolute atomic E-state index is 0.0707. The quantitative estimate of drug-likeness (QED) is 0.544. The second-order valence-electron chi connectivity index (χ2n) is 5.62. The molecule has 0 aliphatic heterocycles. The minimum atomic E-state index is -0.420. The van der Waals surface area contributed by atoms with Crippen molar-refractivity contribution in [3.63, 3.8) is 0 Å². The minimum Gasteiger partial charge on any atom is -0.465 e. The Labute approximate surface area is 163 Å². The molecular formula is C19H24N2O5S. The molecule has 0 bridgehead atoms. The van der Waals surface area contributed by atoms with E-state index < -0.39 is 5.97 Å². The van der Waals surface area contributed by atoms with Crippen LogP contribution in [0.15, 0.2) is 41.0 Å². The van der Waals surface area contributed by atoms with Crippen LogP contribution in [0.5, 0.6) is 0 Å². The van der Waals surface area contributed by atoms with Gasteiger partial charge in [-0.05, 0) is 19.1 Å². The van der Waals surface area contributed by atoms with E-state index in [1.54, 1.807) is 20.3 Å². The summed E-state index contributed by atoms with van der Waals surface area (Å²) in [7, 11) is 1.55. The van der Waals surface area contributed by atoms with E-state index in [4.69, 9.17) is 13.9 Å². The molecule has 1 heterocycles. The molecule has 0 saturated heterocycles. The molecule has 2 aromatic rings. The van der Waals surface area contributed by atoms with Gasteiger partial charge >= 0.3 is 5.97 Å². The van der Waals surface area contributed by atoms with Gasteiger partial charge in [-0.3, -0.25) is 9.59 Å². The van der Waals surface area contributed by atoms with Crippen LogP contribution in [0.2, 0.25) is 0 Å². The Balaban J connectivity index is 1.84. The maximum absolute atomic E-state index is 12.4. The summed E-state index contributed by atoms with van der Waals surface area (Å²) >= 11 is 1.42. The smallest absolute Gasteiger partial charge is 0.325 e. The summed E-state index contributed by atoms with van der Waals surface area (Å²) in [6, 6.07) is 9.63. The number of amides is 1. The SMILES string of the molecule is CCOC(=O)CN(CCOC)C(=O)CSCc1coc(-c2ccccc2)n1. The van der Waals surface area contributed by atoms with Gasteiger partial charge in [-0.1, -0.05) is 18.2 Å². The molecule has 1 aromatic carbocycles. The number of carbonyl (C=O) groups is 2. The average molecular weight is 392 g/mol. The number of esters is 1. The van der Waals surface area contributed by atoms with Crippen molar-refractivity contribution >= 4 is 23.6 Å². The second kappa shape index (κ2) is 11.4. The standard InChI is InChI=1S/C19H24N2O5S/c1-3-25-18(23)11-21(9-10-24-2)17(22)14-27-13-16-12-26-19(20-16)15-7-5-4-6-8-15/h4-8,12H,3,9-11,13-14H2,1-2H3. The number of hydrogen-bond acceptors (Lipinski definition) is 7. The molecule has 27 heavy (non-hydrogen) atoms. The molecule has 0 atom stereocenters. The van der Waals surface area contributed by atoms with Gasteiger partial charge in [0.1, 0.15) is 12.8 Å². The summed E-state index contributed by atoms with van der Waals surface area (Å²) in [5, 5.41) is 0. The highest BCUT2D eigenvalue weighted by molar-refractivity contribution is 7.99. The van der Waals surface area contributed by atoms with Crippen molar-refractivity contribution in [1.29, 1.82) is 0 Å². The maximum atomic E-state index is 12.4. The number of hydrogen-bond donors (Lipinski definition) is 0. The van der Waals surface area contributed by atoms with Crippen molar-refractivity contribution in [2.45, 2.75) is 12.7 Å². The monoisotopic (exact) mass is 392 g/mol. The molecule has 1 amide bonds. The number of methoxy groups -OCH3 is 1. The van der Waals surface area contributed by atoms with Crippen LogP contribution >= 0.6 is 11.8 Å². The Kier molecular flexibility index (Phi) is 8.86. The Morgan fingerprint density at radius 3 is 2.74 bits per heavy atom. The highest BCUT2D eigenvalue weighted by Gasteiger charge is 2.18. The van der Waals surface area contributed by atoms with Crippen molar-refractivity contribution in [1.82, 2.24) is 9.88 Å². The number of rotatable bonds is 11. The van der Waals surface area contributed by atoms with Gasteiger partial charge in [0.15, 0.2) is 0 Å². The molecule has 146 valence electrons. The van der Waals surface area contributed by atoms with E-state index in [0.29, 0.717) is 24.8 Å². The van der Waals surface area contributed by atoms with E-state index in [1.807, 2.05) is 30.3 Å². The van der Waals surface area contributed by atoms with E-state index in [-0.39, 0.29) is 24.8 Å². The zero-order valence-corrected chi connectivity index (χ0v) is 16.4. The highest BCUT2D eigenvalue weighted by Crippen LogP contribution is 2.20. The summed E-state index contributed by atoms with van der Waals surface area (Å²) in [4.78, 5) is 30.0. The zero-order valence-electron chi connectivity index (χ0n) is 15.6. The van der Waals surface area contributed by atoms with Crippen molar-refractivity contribution < 1.29 is 23.5 Å². The highest BCUT2D eigenvalue weighted by atomic mass is 32.2. The van der Waals surface area contributed by atoms with E-state index in [2.05, 4.69) is 4.98 Å². The molecule has 0 radical (unpaired) electrons. The van der Waals surface area contributed by atoms with Crippen molar-refractivity contribution in [2.24, 2.45) is 0 Å². The van der Waals surface area contributed by atoms with Gasteiger partial charge in [0.25, 0.3) is 0 Å². The number of oxazole rings is 1. The van der Waals surface area contributed by atoms with Crippen LogP contribution < -0.4 is 0 Å². The Bertz CT molecular complexity index is 720. The first-order valence-corrected chi connectivity index (χ1v) is 9.79. The van der Waals surface area contributed by atoms with Crippen molar-refractivity contribution in [2.75, 3.05) is 39.2 Å². The molecule has 0 N–H and O–H groups in total. The molecule has 0 unspecified atom stereocenters. The largest absolute Gasteiger partial charge is 0.465 e. The molecule has 0 aliphatic carbocycles. The lowest BCUT2D eigenvalue weighted by Crippen LogP contribution is -2.39. The Morgan fingerprint density at radius 1 is 1.26 bits per heavy atom. The molecular weight excluding hydrogens is 368 g/mol. The lowest BCUT2D eigenvalue weighted by molar-refractivity contribution is -0.148. The molecule has 8 heteroatoms. The van der Waals surface area contributed by atoms with Crippen LogP contribution in [0.4, 0.5) is 0 Å². The summed E-state index contributed by atoms with van der Waals surface area (Å²) in [6.45, 7) is 2.65. The van der Waals surface area contributed by atoms with E-state index in [1.165, 1.54) is 16.7 Å². The van der Waals surface area contributed by atoms with Crippen LogP contribution in [0, 0.1) is 0 Å². The third-order valence-electron chi connectivity index (χ3n) is 3.59. The summed E-state index contributed by atoms with van der Waals surface area (Å²) in [5.74, 6) is 0.769. The summed E-state index contributed by atoms with van der Waals surface area (Å²) in [5.41, 5.74) is 1.67. The fourth-order valence-corrected chi connectivity index (χ4v) is 3.08. The summed E-state index contributed by atoms with van der Waals surface area (Å²) in [6.07, 6.45) is 1.60. The predicted octanol–water partition coefficient (Wildman–Crippen LogP) is 2.61. The van der Waals surface area contributed by atoms with Crippen LogP contribution in [0.25, 0.3) is 11.5 Å². The van der Waals surface area contributed by atoms with Crippen molar-refractivity contribution in [3.05, 3.63) is 42.3 Å². The number of thioether (sulfide) groups is 1. The van der Waals surface area contributed by atoms with Crippen molar-refractivity contribution in [3.8, 4) is 11.5 Å². The lowest BCUT2D eigenvalue weighted by Gasteiger charge is -2.21. The summed E-state index contributed by atoms with van der Waals surface area (Å²) < 4.78 is 15.4. The van der Waals surface area contributed by atoms with Gasteiger partial charge < -0.3 is 18.8 Å². The average Bonchev–Trinajstić information content (AvgIpc) is 3.15. The fourth-order valence-electron chi connectivity index (χ4n) is 2.28. The van der Waals surface area contributed by atoms with Crippen LogP contribution in [-0.2, 0) is 24.8 Å². The first-order valence-electron chi connectivity index (χ1n) is 8.64. The molecule has 0 spiro atoms. The second-order valence-corrected chi connectivity index (χ2v) is 6.60. The lowest BCUT2D eigenvalue weighted by atomic mass is 10.2. The van der Waals surface area contributed by atoms with Crippen LogP contribution in [0.3, 0.4) is 0 Å². The maximum Gasteiger partial charge on any atom is 0.325 e. The number of benzene rings is 1. The first kappa shape index (κ1) is 21.0. The van der Waals surface area contributed by atoms with Gasteiger partial charge in [-0.2, -0.15) is 0 Å². The molecule has 0 fully saturated rings. The third kappa shape index (κ3) is 7.07. The van der Waals surface area contributed by atoms with Gasteiger partial charge in [0.2, 0.25) is 11.8 Å². The number of ether oxygens (including phenoxy) is 2. The number of carbonyl (C=O) groups excluding carboxylic acids is 2.